The summed E-state index contributed by atoms with van der Waals surface area (Å²) < 4.78 is 11.0. The van der Waals surface area contributed by atoms with Crippen LogP contribution in [0.5, 0.6) is 0 Å². The van der Waals surface area contributed by atoms with E-state index in [1.165, 1.54) is 83.5 Å². The molecule has 0 spiro atoms. The lowest BCUT2D eigenvalue weighted by Crippen LogP contribution is -2.55. The minimum Gasteiger partial charge on any atom is -0.394 e. The molecular formula is C25H48O5. The fraction of sp³-hybridized carbons (Fsp3) is 0.920. The molecule has 0 aliphatic carbocycles. The molecule has 1 rings (SSSR count). The molecule has 3 N–H and O–H groups in total. The van der Waals surface area contributed by atoms with Gasteiger partial charge in [-0.05, 0) is 32.1 Å². The van der Waals surface area contributed by atoms with Gasteiger partial charge in [0.05, 0.1) is 13.2 Å². The normalized spacial score (nSPS) is 24.7. The summed E-state index contributed by atoms with van der Waals surface area (Å²) in [6.45, 7) is 2.77. The van der Waals surface area contributed by atoms with Gasteiger partial charge >= 0.3 is 0 Å². The van der Waals surface area contributed by atoms with Gasteiger partial charge in [-0.1, -0.05) is 83.3 Å². The van der Waals surface area contributed by atoms with Gasteiger partial charge in [0.15, 0.2) is 0 Å². The van der Waals surface area contributed by atoms with Crippen molar-refractivity contribution >= 4 is 0 Å². The summed E-state index contributed by atoms with van der Waals surface area (Å²) in [5.74, 6) is 0. The third kappa shape index (κ3) is 13.1. The predicted molar refractivity (Wildman–Crippen MR) is 123 cm³/mol. The molecule has 1 aliphatic rings. The zero-order chi connectivity index (χ0) is 21.9. The van der Waals surface area contributed by atoms with E-state index < -0.39 is 24.4 Å². The number of aliphatic hydroxyl groups excluding tert-OH is 3. The van der Waals surface area contributed by atoms with Crippen molar-refractivity contribution in [1.82, 2.24) is 0 Å². The number of ether oxygens (including phenoxy) is 2. The number of unbranched alkanes of at least 4 members (excludes halogenated alkanes) is 13. The fourth-order valence-electron chi connectivity index (χ4n) is 3.92. The first-order valence-electron chi connectivity index (χ1n) is 12.6. The van der Waals surface area contributed by atoms with E-state index in [0.717, 1.165) is 12.8 Å². The second-order valence-electron chi connectivity index (χ2n) is 8.74. The molecule has 1 aliphatic heterocycles. The van der Waals surface area contributed by atoms with Gasteiger partial charge in [0, 0.05) is 6.61 Å². The van der Waals surface area contributed by atoms with Gasteiger partial charge in [0.25, 0.3) is 0 Å². The van der Waals surface area contributed by atoms with Crippen molar-refractivity contribution < 1.29 is 24.8 Å². The first-order valence-corrected chi connectivity index (χ1v) is 12.6. The van der Waals surface area contributed by atoms with Crippen molar-refractivity contribution in [3.63, 3.8) is 0 Å². The molecule has 0 bridgehead atoms. The van der Waals surface area contributed by atoms with Crippen LogP contribution >= 0.6 is 0 Å². The average Bonchev–Trinajstić information content (AvgIpc) is 2.75. The molecule has 4 atom stereocenters. The topological polar surface area (TPSA) is 79.2 Å². The van der Waals surface area contributed by atoms with E-state index in [2.05, 4.69) is 19.1 Å². The number of allylic oxidation sites excluding steroid dienone is 2. The first kappa shape index (κ1) is 27.6. The minimum absolute atomic E-state index is 0.220. The minimum atomic E-state index is -1.08. The van der Waals surface area contributed by atoms with Crippen LogP contribution in [0.2, 0.25) is 0 Å². The van der Waals surface area contributed by atoms with E-state index in [9.17, 15) is 10.2 Å². The van der Waals surface area contributed by atoms with Crippen molar-refractivity contribution in [2.45, 2.75) is 128 Å². The SMILES string of the molecule is CCCCCCC/C=C/CCCCCCCCCCO[C@H]1CO[C@H](CO)[C@@H](O)[C@@H]1O. The first-order chi connectivity index (χ1) is 14.7. The van der Waals surface area contributed by atoms with E-state index in [4.69, 9.17) is 14.6 Å². The third-order valence-electron chi connectivity index (χ3n) is 6.00. The van der Waals surface area contributed by atoms with Gasteiger partial charge in [-0.25, -0.2) is 0 Å². The molecule has 0 aromatic carbocycles. The van der Waals surface area contributed by atoms with Crippen molar-refractivity contribution in [1.29, 1.82) is 0 Å². The number of hydrogen-bond donors (Lipinski definition) is 3. The molecule has 178 valence electrons. The van der Waals surface area contributed by atoms with Crippen LogP contribution in [0.4, 0.5) is 0 Å². The van der Waals surface area contributed by atoms with E-state index in [-0.39, 0.29) is 13.2 Å². The predicted octanol–water partition coefficient (Wildman–Crippen LogP) is 4.91. The average molecular weight is 429 g/mol. The van der Waals surface area contributed by atoms with Crippen molar-refractivity contribution in [2.75, 3.05) is 19.8 Å². The fourth-order valence-corrected chi connectivity index (χ4v) is 3.92. The summed E-state index contributed by atoms with van der Waals surface area (Å²) in [6.07, 6.45) is 20.7. The van der Waals surface area contributed by atoms with E-state index in [1.807, 2.05) is 0 Å². The summed E-state index contributed by atoms with van der Waals surface area (Å²) >= 11 is 0. The van der Waals surface area contributed by atoms with Gasteiger partial charge in [0.2, 0.25) is 0 Å². The highest BCUT2D eigenvalue weighted by atomic mass is 16.6. The van der Waals surface area contributed by atoms with Crippen LogP contribution in [0, 0.1) is 0 Å². The van der Waals surface area contributed by atoms with Crippen LogP contribution in [0.3, 0.4) is 0 Å². The maximum Gasteiger partial charge on any atom is 0.111 e. The Morgan fingerprint density at radius 2 is 1.30 bits per heavy atom. The lowest BCUT2D eigenvalue weighted by atomic mass is 10.0. The van der Waals surface area contributed by atoms with Gasteiger partial charge in [0.1, 0.15) is 24.4 Å². The smallest absolute Gasteiger partial charge is 0.111 e. The highest BCUT2D eigenvalue weighted by molar-refractivity contribution is 4.87. The Labute approximate surface area is 184 Å². The highest BCUT2D eigenvalue weighted by Crippen LogP contribution is 2.18. The van der Waals surface area contributed by atoms with E-state index in [1.54, 1.807) is 0 Å². The standard InChI is InChI=1S/C25H48O5/c1-2-3-4-5-6-7-8-9-10-11-12-13-14-15-16-17-18-19-29-23-21-30-22(20-26)24(27)25(23)28/h8-9,22-28H,2-7,10-21H2,1H3/b9-8+/t22-,23+,24-,25-/m1/s1. The van der Waals surface area contributed by atoms with Crippen LogP contribution < -0.4 is 0 Å². The molecule has 1 fully saturated rings. The lowest BCUT2D eigenvalue weighted by Gasteiger charge is -2.36. The summed E-state index contributed by atoms with van der Waals surface area (Å²) in [6, 6.07) is 0. The zero-order valence-corrected chi connectivity index (χ0v) is 19.4. The molecule has 30 heavy (non-hydrogen) atoms. The van der Waals surface area contributed by atoms with Crippen molar-refractivity contribution in [3.8, 4) is 0 Å². The molecule has 0 aromatic heterocycles. The maximum absolute atomic E-state index is 10.0. The summed E-state index contributed by atoms with van der Waals surface area (Å²) in [4.78, 5) is 0. The molecule has 0 aromatic rings. The molecule has 1 saturated heterocycles. The number of hydrogen-bond acceptors (Lipinski definition) is 5. The molecule has 1 heterocycles. The van der Waals surface area contributed by atoms with Crippen LogP contribution in [0.25, 0.3) is 0 Å². The Balaban J connectivity index is 1.82. The van der Waals surface area contributed by atoms with Crippen LogP contribution in [-0.2, 0) is 9.47 Å². The molecule has 0 radical (unpaired) electrons. The Kier molecular flexibility index (Phi) is 17.7. The Morgan fingerprint density at radius 1 is 0.767 bits per heavy atom. The molecule has 5 nitrogen and oxygen atoms in total. The monoisotopic (exact) mass is 428 g/mol. The Bertz CT molecular complexity index is 401. The number of rotatable bonds is 19. The molecule has 0 unspecified atom stereocenters. The molecular weight excluding hydrogens is 380 g/mol. The van der Waals surface area contributed by atoms with Crippen LogP contribution in [0.1, 0.15) is 103 Å². The highest BCUT2D eigenvalue weighted by Gasteiger charge is 2.38. The van der Waals surface area contributed by atoms with Crippen molar-refractivity contribution in [3.05, 3.63) is 12.2 Å². The second kappa shape index (κ2) is 19.2. The largest absolute Gasteiger partial charge is 0.394 e. The van der Waals surface area contributed by atoms with Crippen LogP contribution in [0.15, 0.2) is 12.2 Å². The summed E-state index contributed by atoms with van der Waals surface area (Å²) in [5, 5.41) is 28.9. The quantitative estimate of drug-likeness (QED) is 0.201. The van der Waals surface area contributed by atoms with Gasteiger partial charge in [-0.3, -0.25) is 0 Å². The van der Waals surface area contributed by atoms with Crippen LogP contribution in [-0.4, -0.2) is 59.6 Å². The van der Waals surface area contributed by atoms with Crippen molar-refractivity contribution in [2.24, 2.45) is 0 Å². The Hall–Kier alpha value is -0.460. The molecule has 0 amide bonds. The van der Waals surface area contributed by atoms with E-state index in [0.29, 0.717) is 6.61 Å². The van der Waals surface area contributed by atoms with Gasteiger partial charge < -0.3 is 24.8 Å². The summed E-state index contributed by atoms with van der Waals surface area (Å²) in [7, 11) is 0. The molecule has 0 saturated carbocycles. The molecule has 5 heteroatoms. The number of aliphatic hydroxyl groups is 3. The van der Waals surface area contributed by atoms with E-state index >= 15 is 0 Å². The maximum atomic E-state index is 10.0. The lowest BCUT2D eigenvalue weighted by molar-refractivity contribution is -0.208. The summed E-state index contributed by atoms with van der Waals surface area (Å²) in [5.41, 5.74) is 0. The third-order valence-corrected chi connectivity index (χ3v) is 6.00. The van der Waals surface area contributed by atoms with Gasteiger partial charge in [-0.2, -0.15) is 0 Å². The second-order valence-corrected chi connectivity index (χ2v) is 8.74. The Morgan fingerprint density at radius 3 is 1.87 bits per heavy atom. The van der Waals surface area contributed by atoms with Gasteiger partial charge in [-0.15, -0.1) is 0 Å². The zero-order valence-electron chi connectivity index (χ0n) is 19.4.